The Bertz CT molecular complexity index is 1570. The average molecular weight is 665 g/mol. The minimum atomic E-state index is -6.99. The molecular weight excluding hydrogens is 639 g/mol. The normalized spacial score (nSPS) is 12.9. The summed E-state index contributed by atoms with van der Waals surface area (Å²) in [6.07, 6.45) is -7.16. The molecule has 0 saturated carbocycles. The van der Waals surface area contributed by atoms with Gasteiger partial charge in [-0.05, 0) is 78.6 Å². The van der Waals surface area contributed by atoms with E-state index in [-0.39, 0.29) is 29.1 Å². The van der Waals surface area contributed by atoms with Gasteiger partial charge >= 0.3 is 35.9 Å². The molecule has 0 unspecified atom stereocenters. The van der Waals surface area contributed by atoms with Crippen LogP contribution in [0, 0.1) is 0 Å². The number of rotatable bonds is 13. The Balaban J connectivity index is 1.57. The van der Waals surface area contributed by atoms with Crippen molar-refractivity contribution in [2.24, 2.45) is 0 Å². The number of nitrogens with two attached hydrogens (primary N) is 2. The summed E-state index contributed by atoms with van der Waals surface area (Å²) in [5.74, 6) is -21.8. The number of aryl methyl sites for hydroxylation is 1. The van der Waals surface area contributed by atoms with Gasteiger partial charge in [0.25, 0.3) is 0 Å². The number of hydrogen-bond acceptors (Lipinski definition) is 6. The first-order chi connectivity index (χ1) is 21.2. The fourth-order valence-electron chi connectivity index (χ4n) is 3.90. The number of anilines is 2. The number of benzene rings is 3. The molecule has 0 heterocycles. The first-order valence-corrected chi connectivity index (χ1v) is 13.1. The second kappa shape index (κ2) is 13.6. The van der Waals surface area contributed by atoms with Crippen LogP contribution in [0.4, 0.5) is 50.9 Å². The number of carboxylic acid groups (broad SMARTS) is 1. The highest BCUT2D eigenvalue weighted by atomic mass is 19.4. The van der Waals surface area contributed by atoms with Crippen molar-refractivity contribution in [3.63, 3.8) is 0 Å². The maximum atomic E-state index is 13.6. The van der Waals surface area contributed by atoms with Gasteiger partial charge in [0.05, 0.1) is 18.6 Å². The summed E-state index contributed by atoms with van der Waals surface area (Å²) < 4.78 is 127. The molecule has 0 saturated heterocycles. The molecule has 0 radical (unpaired) electrons. The lowest BCUT2D eigenvalue weighted by atomic mass is 10.0. The monoisotopic (exact) mass is 664 g/mol. The quantitative estimate of drug-likeness (QED) is 0.0572. The molecule has 0 atom stereocenters. The zero-order chi connectivity index (χ0) is 34.5. The van der Waals surface area contributed by atoms with E-state index in [4.69, 9.17) is 20.9 Å². The molecule has 5 N–H and O–H groups in total. The van der Waals surface area contributed by atoms with Gasteiger partial charge in [0.2, 0.25) is 0 Å². The number of carbonyl (C=O) groups excluding carboxylic acids is 1. The Morgan fingerprint density at radius 3 is 1.91 bits per heavy atom. The number of hydrogen-bond donors (Lipinski definition) is 3. The second-order valence-corrected chi connectivity index (χ2v) is 9.87. The number of aliphatic carboxylic acids is 1. The third-order valence-electron chi connectivity index (χ3n) is 6.52. The lowest BCUT2D eigenvalue weighted by Gasteiger charge is -2.33. The number of ether oxygens (including phenoxy) is 2. The molecule has 0 aliphatic heterocycles. The van der Waals surface area contributed by atoms with Gasteiger partial charge in [0.15, 0.2) is 0 Å². The van der Waals surface area contributed by atoms with Crippen molar-refractivity contribution in [3.05, 3.63) is 89.0 Å². The molecule has 0 bridgehead atoms. The molecule has 3 aromatic carbocycles. The van der Waals surface area contributed by atoms with Gasteiger partial charge < -0.3 is 26.0 Å². The average Bonchev–Trinajstić information content (AvgIpc) is 2.96. The highest BCUT2D eigenvalue weighted by molar-refractivity contribution is 5.92. The maximum Gasteiger partial charge on any atom is 0.460 e. The van der Waals surface area contributed by atoms with Crippen LogP contribution in [0.15, 0.2) is 72.3 Å². The van der Waals surface area contributed by atoms with Crippen molar-refractivity contribution < 1.29 is 63.7 Å². The molecule has 0 fully saturated rings. The van der Waals surface area contributed by atoms with Gasteiger partial charge in [0.1, 0.15) is 11.5 Å². The van der Waals surface area contributed by atoms with Gasteiger partial charge in [-0.3, -0.25) is 0 Å². The van der Waals surface area contributed by atoms with Gasteiger partial charge in [-0.25, -0.2) is 9.59 Å². The Hall–Kier alpha value is -4.89. The predicted octanol–water partition coefficient (Wildman–Crippen LogP) is 7.41. The number of esters is 1. The summed E-state index contributed by atoms with van der Waals surface area (Å²) in [6, 6.07) is 14.9. The maximum absolute atomic E-state index is 13.6. The van der Waals surface area contributed by atoms with Gasteiger partial charge in [-0.15, -0.1) is 0 Å². The number of alkyl halides is 9. The minimum absolute atomic E-state index is 0.0628. The molecule has 0 amide bonds. The minimum Gasteiger partial charge on any atom is -0.493 e. The third-order valence-corrected chi connectivity index (χ3v) is 6.52. The van der Waals surface area contributed by atoms with Gasteiger partial charge in [0, 0.05) is 16.9 Å². The van der Waals surface area contributed by atoms with Gasteiger partial charge in [-0.2, -0.15) is 39.5 Å². The SMILES string of the molecule is Nc1ccc(CC/C(=C\c2ccc(OC(=O)c3ccc(OCCC(F)(F)C(F)(F)C(F)(F)C(F)(F)F)cc3)cc2)C(=O)O)c(N)c1. The lowest BCUT2D eigenvalue weighted by Crippen LogP contribution is -2.61. The van der Waals surface area contributed by atoms with E-state index in [1.165, 1.54) is 30.3 Å². The van der Waals surface area contributed by atoms with E-state index < -0.39 is 48.9 Å². The molecule has 3 aromatic rings. The van der Waals surface area contributed by atoms with Crippen LogP contribution in [0.25, 0.3) is 6.08 Å². The van der Waals surface area contributed by atoms with Crippen LogP contribution in [-0.4, -0.2) is 47.6 Å². The van der Waals surface area contributed by atoms with Crippen LogP contribution in [0.3, 0.4) is 0 Å². The summed E-state index contributed by atoms with van der Waals surface area (Å²) >= 11 is 0. The summed E-state index contributed by atoms with van der Waals surface area (Å²) in [7, 11) is 0. The first kappa shape index (κ1) is 35.6. The van der Waals surface area contributed by atoms with E-state index in [2.05, 4.69) is 0 Å². The van der Waals surface area contributed by atoms with Crippen LogP contribution in [0.1, 0.15) is 34.3 Å². The van der Waals surface area contributed by atoms with Crippen molar-refractivity contribution in [2.75, 3.05) is 18.1 Å². The highest BCUT2D eigenvalue weighted by Crippen LogP contribution is 2.54. The molecule has 7 nitrogen and oxygen atoms in total. The lowest BCUT2D eigenvalue weighted by molar-refractivity contribution is -0.397. The predicted molar refractivity (Wildman–Crippen MR) is 148 cm³/mol. The summed E-state index contributed by atoms with van der Waals surface area (Å²) in [5, 5.41) is 9.59. The number of carbonyl (C=O) groups is 2. The molecule has 0 aliphatic rings. The Morgan fingerprint density at radius 1 is 0.783 bits per heavy atom. The third kappa shape index (κ3) is 8.22. The van der Waals surface area contributed by atoms with Crippen molar-refractivity contribution >= 4 is 29.4 Å². The Morgan fingerprint density at radius 2 is 1.37 bits per heavy atom. The molecular formula is C30H25F9N2O5. The van der Waals surface area contributed by atoms with Crippen LogP contribution >= 0.6 is 0 Å². The zero-order valence-corrected chi connectivity index (χ0v) is 23.4. The van der Waals surface area contributed by atoms with E-state index in [0.717, 1.165) is 29.8 Å². The first-order valence-electron chi connectivity index (χ1n) is 13.1. The van der Waals surface area contributed by atoms with Crippen molar-refractivity contribution in [3.8, 4) is 11.5 Å². The summed E-state index contributed by atoms with van der Waals surface area (Å²) in [4.78, 5) is 24.2. The fourth-order valence-corrected chi connectivity index (χ4v) is 3.90. The number of nitrogen functional groups attached to an aromatic ring is 2. The smallest absolute Gasteiger partial charge is 0.460 e. The Labute approximate surface area is 255 Å². The van der Waals surface area contributed by atoms with E-state index in [1.807, 2.05) is 0 Å². The molecule has 46 heavy (non-hydrogen) atoms. The van der Waals surface area contributed by atoms with Crippen LogP contribution in [0.2, 0.25) is 0 Å². The zero-order valence-electron chi connectivity index (χ0n) is 23.4. The van der Waals surface area contributed by atoms with E-state index in [0.29, 0.717) is 23.4 Å². The molecule has 248 valence electrons. The van der Waals surface area contributed by atoms with Crippen LogP contribution < -0.4 is 20.9 Å². The van der Waals surface area contributed by atoms with Crippen LogP contribution in [0.5, 0.6) is 11.5 Å². The van der Waals surface area contributed by atoms with Crippen LogP contribution in [-0.2, 0) is 11.2 Å². The summed E-state index contributed by atoms with van der Waals surface area (Å²) in [5.41, 5.74) is 13.7. The molecule has 0 spiro atoms. The number of carboxylic acids is 1. The van der Waals surface area contributed by atoms with Crippen molar-refractivity contribution in [1.29, 1.82) is 0 Å². The standard InChI is InChI=1S/C30H25F9N2O5/c31-27(32,28(33,34)29(35,36)30(37,38)39)13-14-45-22-11-6-19(7-12-22)26(44)46-23-9-1-17(2-10-23)15-20(25(42)43)4-3-18-5-8-21(40)16-24(18)41/h1-2,5-12,15-16H,3-4,13-14,40-41H2,(H,42,43)/b20-15+. The highest BCUT2D eigenvalue weighted by Gasteiger charge is 2.81. The van der Waals surface area contributed by atoms with E-state index >= 15 is 0 Å². The fraction of sp³-hybridized carbons (Fsp3) is 0.267. The van der Waals surface area contributed by atoms with Crippen molar-refractivity contribution in [2.45, 2.75) is 43.2 Å². The largest absolute Gasteiger partial charge is 0.493 e. The molecule has 3 rings (SSSR count). The molecule has 0 aromatic heterocycles. The van der Waals surface area contributed by atoms with E-state index in [1.54, 1.807) is 18.2 Å². The topological polar surface area (TPSA) is 125 Å². The molecule has 0 aliphatic carbocycles. The molecule has 16 heteroatoms. The van der Waals surface area contributed by atoms with Crippen molar-refractivity contribution in [1.82, 2.24) is 0 Å². The summed E-state index contributed by atoms with van der Waals surface area (Å²) in [6.45, 7) is -1.36. The van der Waals surface area contributed by atoms with Gasteiger partial charge in [-0.1, -0.05) is 18.2 Å². The Kier molecular flexibility index (Phi) is 10.5. The second-order valence-electron chi connectivity index (χ2n) is 9.87. The van der Waals surface area contributed by atoms with E-state index in [9.17, 15) is 54.2 Å². The number of halogens is 9.